The van der Waals surface area contributed by atoms with Crippen molar-refractivity contribution in [1.82, 2.24) is 24.4 Å². The van der Waals surface area contributed by atoms with Crippen LogP contribution in [0.15, 0.2) is 29.5 Å². The van der Waals surface area contributed by atoms with E-state index in [1.54, 1.807) is 20.2 Å². The molecule has 4 atom stereocenters. The van der Waals surface area contributed by atoms with E-state index in [4.69, 9.17) is 9.47 Å². The molecule has 4 heterocycles. The van der Waals surface area contributed by atoms with Gasteiger partial charge in [0.1, 0.15) is 23.3 Å². The van der Waals surface area contributed by atoms with E-state index in [0.717, 1.165) is 44.1 Å². The van der Waals surface area contributed by atoms with Gasteiger partial charge in [0.05, 0.1) is 30.5 Å². The number of amides is 1. The van der Waals surface area contributed by atoms with E-state index >= 15 is 0 Å². The lowest BCUT2D eigenvalue weighted by atomic mass is 9.89. The fraction of sp³-hybridized carbons (Fsp3) is 0.520. The second-order valence-electron chi connectivity index (χ2n) is 9.85. The van der Waals surface area contributed by atoms with E-state index in [2.05, 4.69) is 25.9 Å². The van der Waals surface area contributed by atoms with Crippen molar-refractivity contribution in [2.45, 2.75) is 69.4 Å². The summed E-state index contributed by atoms with van der Waals surface area (Å²) in [6.45, 7) is 0.344. The zero-order valence-corrected chi connectivity index (χ0v) is 20.5. The van der Waals surface area contributed by atoms with E-state index in [1.807, 2.05) is 16.8 Å². The molecule has 2 aliphatic carbocycles. The fourth-order valence-electron chi connectivity index (χ4n) is 5.48. The first-order valence-electron chi connectivity index (χ1n) is 12.6. The Morgan fingerprint density at radius 1 is 1.19 bits per heavy atom. The number of ether oxygens (including phenoxy) is 2. The van der Waals surface area contributed by atoms with Crippen LogP contribution in [0, 0.1) is 0 Å². The van der Waals surface area contributed by atoms with E-state index in [-0.39, 0.29) is 35.9 Å². The average Bonchev–Trinajstić information content (AvgIpc) is 3.31. The van der Waals surface area contributed by atoms with Gasteiger partial charge in [-0.05, 0) is 50.2 Å². The molecule has 36 heavy (non-hydrogen) atoms. The van der Waals surface area contributed by atoms with Crippen LogP contribution in [0.5, 0.6) is 0 Å². The SMILES string of the molecule is CNc1cc2nc3c1ncn3C(=O)N[C@@H]1CC[C@H]1OCc1cc(c(=O)n([C@@H]3CCC[C@@H](OC)C3)c1)N2. The molecule has 3 aliphatic rings. The lowest BCUT2D eigenvalue weighted by molar-refractivity contribution is -0.0325. The van der Waals surface area contributed by atoms with Gasteiger partial charge in [-0.15, -0.1) is 0 Å². The van der Waals surface area contributed by atoms with Gasteiger partial charge in [-0.3, -0.25) is 4.79 Å². The number of anilines is 3. The molecule has 190 valence electrons. The highest BCUT2D eigenvalue weighted by Gasteiger charge is 2.34. The van der Waals surface area contributed by atoms with Gasteiger partial charge in [-0.1, -0.05) is 0 Å². The molecule has 4 bridgehead atoms. The van der Waals surface area contributed by atoms with E-state index in [0.29, 0.717) is 35.0 Å². The number of hydrogen-bond acceptors (Lipinski definition) is 8. The number of nitrogens with zero attached hydrogens (tertiary/aromatic N) is 4. The first kappa shape index (κ1) is 23.0. The molecule has 11 nitrogen and oxygen atoms in total. The highest BCUT2D eigenvalue weighted by atomic mass is 16.5. The van der Waals surface area contributed by atoms with Gasteiger partial charge in [-0.2, -0.15) is 0 Å². The summed E-state index contributed by atoms with van der Waals surface area (Å²) in [6, 6.07) is 3.30. The maximum atomic E-state index is 13.7. The normalized spacial score (nSPS) is 25.9. The zero-order chi connectivity index (χ0) is 24.8. The lowest BCUT2D eigenvalue weighted by Crippen LogP contribution is -2.52. The minimum absolute atomic E-state index is 0.0519. The Labute approximate surface area is 208 Å². The van der Waals surface area contributed by atoms with Crippen molar-refractivity contribution >= 4 is 34.4 Å². The number of methoxy groups -OCH3 is 1. The third-order valence-corrected chi connectivity index (χ3v) is 7.66. The minimum atomic E-state index is -0.301. The van der Waals surface area contributed by atoms with Crippen LogP contribution in [0.3, 0.4) is 0 Å². The maximum absolute atomic E-state index is 13.7. The van der Waals surface area contributed by atoms with E-state index < -0.39 is 0 Å². The maximum Gasteiger partial charge on any atom is 0.328 e. The fourth-order valence-corrected chi connectivity index (χ4v) is 5.48. The minimum Gasteiger partial charge on any atom is -0.386 e. The highest BCUT2D eigenvalue weighted by Crippen LogP contribution is 2.32. The molecule has 6 rings (SSSR count). The van der Waals surface area contributed by atoms with Gasteiger partial charge in [0.15, 0.2) is 5.65 Å². The number of carbonyl (C=O) groups excluding carboxylic acids is 1. The number of nitrogens with one attached hydrogen (secondary N) is 3. The Hall–Kier alpha value is -3.44. The molecule has 2 saturated carbocycles. The summed E-state index contributed by atoms with van der Waals surface area (Å²) in [5, 5.41) is 9.41. The molecule has 3 aromatic rings. The Balaban J connectivity index is 1.47. The molecule has 3 aromatic heterocycles. The summed E-state index contributed by atoms with van der Waals surface area (Å²) >= 11 is 0. The Bertz CT molecular complexity index is 1370. The van der Waals surface area contributed by atoms with Gasteiger partial charge < -0.3 is 30.0 Å². The second kappa shape index (κ2) is 9.21. The first-order valence-corrected chi connectivity index (χ1v) is 12.6. The van der Waals surface area contributed by atoms with E-state index in [9.17, 15) is 9.59 Å². The van der Waals surface area contributed by atoms with Gasteiger partial charge in [0.25, 0.3) is 5.56 Å². The monoisotopic (exact) mass is 493 g/mol. The average molecular weight is 494 g/mol. The zero-order valence-electron chi connectivity index (χ0n) is 20.5. The summed E-state index contributed by atoms with van der Waals surface area (Å²) in [6.07, 6.45) is 8.89. The third-order valence-electron chi connectivity index (χ3n) is 7.66. The smallest absolute Gasteiger partial charge is 0.328 e. The van der Waals surface area contributed by atoms with Gasteiger partial charge >= 0.3 is 6.03 Å². The van der Waals surface area contributed by atoms with Crippen molar-refractivity contribution in [3.8, 4) is 0 Å². The van der Waals surface area contributed by atoms with Crippen molar-refractivity contribution in [3.63, 3.8) is 0 Å². The van der Waals surface area contributed by atoms with Crippen LogP contribution in [0.4, 0.5) is 22.0 Å². The summed E-state index contributed by atoms with van der Waals surface area (Å²) in [5.41, 5.74) is 2.88. The van der Waals surface area contributed by atoms with Crippen LogP contribution in [0.25, 0.3) is 11.2 Å². The number of fused-ring (bicyclic) bond motifs is 4. The molecule has 0 saturated heterocycles. The van der Waals surface area contributed by atoms with Crippen molar-refractivity contribution < 1.29 is 14.3 Å². The molecule has 1 aliphatic heterocycles. The van der Waals surface area contributed by atoms with Crippen LogP contribution in [-0.4, -0.2) is 57.5 Å². The summed E-state index contributed by atoms with van der Waals surface area (Å²) in [5.74, 6) is 0.445. The van der Waals surface area contributed by atoms with Gasteiger partial charge in [0.2, 0.25) is 0 Å². The molecule has 11 heteroatoms. The number of carbonyl (C=O) groups is 1. The summed E-state index contributed by atoms with van der Waals surface area (Å²) < 4.78 is 15.1. The number of aromatic nitrogens is 4. The standard InChI is InChI=1S/C25H31N7O4/c1-26-18-10-21-28-19-8-14(11-31(24(19)33)15-4-3-5-16(9-15)35-2)12-36-20-7-6-17(20)29-25(34)32-13-27-22(18)23(32)30-21/h8,10-11,13,15-17,20H,3-7,9,12H2,1-2H3,(H,29,34)(H2,26,28,30)/t15-,16-,17-,20-/m1/s1. The Morgan fingerprint density at radius 3 is 2.86 bits per heavy atom. The van der Waals surface area contributed by atoms with Crippen LogP contribution in [0.1, 0.15) is 50.1 Å². The summed E-state index contributed by atoms with van der Waals surface area (Å²) in [4.78, 5) is 35.8. The Morgan fingerprint density at radius 2 is 2.08 bits per heavy atom. The number of rotatable bonds is 3. The van der Waals surface area contributed by atoms with Crippen molar-refractivity contribution in [2.24, 2.45) is 0 Å². The van der Waals surface area contributed by atoms with Crippen LogP contribution in [0.2, 0.25) is 0 Å². The van der Waals surface area contributed by atoms with Crippen molar-refractivity contribution in [2.75, 3.05) is 24.8 Å². The predicted molar refractivity (Wildman–Crippen MR) is 135 cm³/mol. The van der Waals surface area contributed by atoms with Crippen molar-refractivity contribution in [3.05, 3.63) is 40.6 Å². The predicted octanol–water partition coefficient (Wildman–Crippen LogP) is 3.13. The summed E-state index contributed by atoms with van der Waals surface area (Å²) in [7, 11) is 3.52. The van der Waals surface area contributed by atoms with Gasteiger partial charge in [-0.25, -0.2) is 19.3 Å². The molecule has 3 N–H and O–H groups in total. The van der Waals surface area contributed by atoms with Gasteiger partial charge in [0, 0.05) is 32.5 Å². The molecule has 1 amide bonds. The number of imidazole rings is 1. The van der Waals surface area contributed by atoms with Crippen LogP contribution in [-0.2, 0) is 16.1 Å². The molecular weight excluding hydrogens is 462 g/mol. The largest absolute Gasteiger partial charge is 0.386 e. The third kappa shape index (κ3) is 4.01. The highest BCUT2D eigenvalue weighted by molar-refractivity contribution is 5.94. The molecule has 0 spiro atoms. The molecule has 2 fully saturated rings. The quantitative estimate of drug-likeness (QED) is 0.508. The topological polar surface area (TPSA) is 124 Å². The van der Waals surface area contributed by atoms with Crippen molar-refractivity contribution in [1.29, 1.82) is 0 Å². The first-order chi connectivity index (χ1) is 17.5. The second-order valence-corrected chi connectivity index (χ2v) is 9.85. The number of hydrogen-bond donors (Lipinski definition) is 3. The molecular formula is C25H31N7O4. The Kier molecular flexibility index (Phi) is 5.88. The van der Waals surface area contributed by atoms with E-state index in [1.165, 1.54) is 10.9 Å². The molecule has 0 aromatic carbocycles. The molecule has 0 radical (unpaired) electrons. The van der Waals surface area contributed by atoms with Crippen LogP contribution < -0.4 is 21.5 Å². The number of pyridine rings is 2. The lowest BCUT2D eigenvalue weighted by Gasteiger charge is -2.37. The van der Waals surface area contributed by atoms with Crippen LogP contribution >= 0.6 is 0 Å². The molecule has 0 unspecified atom stereocenters.